The van der Waals surface area contributed by atoms with Gasteiger partial charge in [-0.2, -0.15) is 0 Å². The third-order valence-electron chi connectivity index (χ3n) is 5.38. The average Bonchev–Trinajstić information content (AvgIpc) is 3.11. The van der Waals surface area contributed by atoms with Gasteiger partial charge in [0.25, 0.3) is 0 Å². The van der Waals surface area contributed by atoms with Crippen LogP contribution in [0, 0.1) is 11.8 Å². The van der Waals surface area contributed by atoms with Crippen molar-refractivity contribution in [3.05, 3.63) is 71.8 Å². The van der Waals surface area contributed by atoms with Gasteiger partial charge in [0.2, 0.25) is 0 Å². The molecule has 0 saturated carbocycles. The Morgan fingerprint density at radius 1 is 1.00 bits per heavy atom. The summed E-state index contributed by atoms with van der Waals surface area (Å²) in [6.07, 6.45) is 0.663. The van der Waals surface area contributed by atoms with Crippen LogP contribution in [0.5, 0.6) is 0 Å². The Morgan fingerprint density at radius 3 is 2.03 bits per heavy atom. The standard InChI is InChI=1S/C25H30O6/c1-25(2)30-17-22(31-25)16-29-24(28)21(14-19-11-7-4-8-12-19)15-20(23(26)27)13-18-9-5-3-6-10-18/h3-12,20-22H,13-17H2,1-2H3,(H,26,27)/t20?,21-,22-/m1/s1. The van der Waals surface area contributed by atoms with Crippen molar-refractivity contribution in [3.63, 3.8) is 0 Å². The van der Waals surface area contributed by atoms with Crippen molar-refractivity contribution >= 4 is 11.9 Å². The van der Waals surface area contributed by atoms with Gasteiger partial charge < -0.3 is 19.3 Å². The van der Waals surface area contributed by atoms with Gasteiger partial charge in [-0.05, 0) is 44.2 Å². The quantitative estimate of drug-likeness (QED) is 0.581. The first-order chi connectivity index (χ1) is 14.8. The SMILES string of the molecule is CC1(C)OC[C@@H](COC(=O)[C@H](Cc2ccccc2)CC(Cc2ccccc2)C(=O)O)O1. The zero-order valence-electron chi connectivity index (χ0n) is 18.0. The fourth-order valence-electron chi connectivity index (χ4n) is 3.81. The molecule has 31 heavy (non-hydrogen) atoms. The van der Waals surface area contributed by atoms with Gasteiger partial charge in [-0.1, -0.05) is 60.7 Å². The van der Waals surface area contributed by atoms with E-state index in [0.29, 0.717) is 19.4 Å². The number of ether oxygens (including phenoxy) is 3. The summed E-state index contributed by atoms with van der Waals surface area (Å²) in [5.74, 6) is -3.26. The minimum Gasteiger partial charge on any atom is -0.481 e. The molecule has 1 aliphatic rings. The van der Waals surface area contributed by atoms with E-state index in [2.05, 4.69) is 0 Å². The molecule has 0 radical (unpaired) electrons. The predicted molar refractivity (Wildman–Crippen MR) is 115 cm³/mol. The second-order valence-corrected chi connectivity index (χ2v) is 8.43. The Kier molecular flexibility index (Phi) is 7.82. The van der Waals surface area contributed by atoms with E-state index in [4.69, 9.17) is 14.2 Å². The molecule has 2 aromatic carbocycles. The molecule has 1 unspecified atom stereocenters. The molecule has 0 aliphatic carbocycles. The second-order valence-electron chi connectivity index (χ2n) is 8.43. The lowest BCUT2D eigenvalue weighted by Gasteiger charge is -2.22. The summed E-state index contributed by atoms with van der Waals surface area (Å²) in [6, 6.07) is 19.1. The average molecular weight is 427 g/mol. The van der Waals surface area contributed by atoms with E-state index in [1.54, 1.807) is 0 Å². The normalized spacial score (nSPS) is 19.5. The maximum Gasteiger partial charge on any atom is 0.309 e. The molecule has 6 heteroatoms. The molecule has 0 aromatic heterocycles. The first-order valence-electron chi connectivity index (χ1n) is 10.6. The summed E-state index contributed by atoms with van der Waals surface area (Å²) in [6.45, 7) is 4.07. The van der Waals surface area contributed by atoms with Crippen LogP contribution in [0.15, 0.2) is 60.7 Å². The van der Waals surface area contributed by atoms with E-state index in [1.165, 1.54) is 0 Å². The number of hydrogen-bond acceptors (Lipinski definition) is 5. The summed E-state index contributed by atoms with van der Waals surface area (Å²) < 4.78 is 16.8. The first-order valence-corrected chi connectivity index (χ1v) is 10.6. The van der Waals surface area contributed by atoms with Crippen molar-refractivity contribution in [2.45, 2.75) is 45.0 Å². The zero-order valence-corrected chi connectivity index (χ0v) is 18.0. The van der Waals surface area contributed by atoms with Crippen LogP contribution in [-0.4, -0.2) is 42.1 Å². The highest BCUT2D eigenvalue weighted by Crippen LogP contribution is 2.25. The molecule has 2 aromatic rings. The molecule has 3 rings (SSSR count). The maximum atomic E-state index is 13.0. The molecule has 6 nitrogen and oxygen atoms in total. The summed E-state index contributed by atoms with van der Waals surface area (Å²) in [5, 5.41) is 9.80. The Labute approximate surface area is 183 Å². The van der Waals surface area contributed by atoms with Crippen LogP contribution in [0.3, 0.4) is 0 Å². The molecule has 1 fully saturated rings. The van der Waals surface area contributed by atoms with E-state index in [0.717, 1.165) is 11.1 Å². The van der Waals surface area contributed by atoms with Crippen molar-refractivity contribution in [3.8, 4) is 0 Å². The minimum atomic E-state index is -0.913. The van der Waals surface area contributed by atoms with E-state index in [-0.39, 0.29) is 19.1 Å². The highest BCUT2D eigenvalue weighted by Gasteiger charge is 2.34. The lowest BCUT2D eigenvalue weighted by atomic mass is 9.86. The van der Waals surface area contributed by atoms with Crippen LogP contribution < -0.4 is 0 Å². The van der Waals surface area contributed by atoms with Crippen molar-refractivity contribution in [1.29, 1.82) is 0 Å². The summed E-state index contributed by atoms with van der Waals surface area (Å²) in [7, 11) is 0. The number of carbonyl (C=O) groups excluding carboxylic acids is 1. The Hall–Kier alpha value is -2.70. The first kappa shape index (κ1) is 23.0. The van der Waals surface area contributed by atoms with Crippen molar-refractivity contribution in [2.75, 3.05) is 13.2 Å². The molecule has 166 valence electrons. The monoisotopic (exact) mass is 426 g/mol. The number of benzene rings is 2. The van der Waals surface area contributed by atoms with Crippen molar-refractivity contribution in [2.24, 2.45) is 11.8 Å². The van der Waals surface area contributed by atoms with Crippen molar-refractivity contribution in [1.82, 2.24) is 0 Å². The highest BCUT2D eigenvalue weighted by atomic mass is 16.7. The van der Waals surface area contributed by atoms with Crippen LogP contribution in [0.2, 0.25) is 0 Å². The van der Waals surface area contributed by atoms with Crippen molar-refractivity contribution < 1.29 is 28.9 Å². The third kappa shape index (κ3) is 7.19. The number of rotatable bonds is 10. The lowest BCUT2D eigenvalue weighted by molar-refractivity contribution is -0.162. The van der Waals surface area contributed by atoms with E-state index in [9.17, 15) is 14.7 Å². The molecule has 0 amide bonds. The fourth-order valence-corrected chi connectivity index (χ4v) is 3.81. The van der Waals surface area contributed by atoms with Crippen LogP contribution in [0.4, 0.5) is 0 Å². The zero-order chi connectivity index (χ0) is 22.3. The lowest BCUT2D eigenvalue weighted by Crippen LogP contribution is -2.30. The molecule has 1 heterocycles. The maximum absolute atomic E-state index is 13.0. The highest BCUT2D eigenvalue weighted by molar-refractivity contribution is 5.75. The fraction of sp³-hybridized carbons (Fsp3) is 0.440. The molecule has 0 spiro atoms. The largest absolute Gasteiger partial charge is 0.481 e. The molecular weight excluding hydrogens is 396 g/mol. The number of aliphatic carboxylic acids is 1. The number of carbonyl (C=O) groups is 2. The minimum absolute atomic E-state index is 0.0873. The third-order valence-corrected chi connectivity index (χ3v) is 5.38. The Bertz CT molecular complexity index is 849. The molecule has 0 bridgehead atoms. The van der Waals surface area contributed by atoms with E-state index < -0.39 is 29.6 Å². The van der Waals surface area contributed by atoms with Gasteiger partial charge in [-0.25, -0.2) is 0 Å². The molecule has 1 N–H and O–H groups in total. The van der Waals surface area contributed by atoms with Crippen LogP contribution in [0.1, 0.15) is 31.4 Å². The molecular formula is C25H30O6. The Balaban J connectivity index is 1.68. The smallest absolute Gasteiger partial charge is 0.309 e. The predicted octanol–water partition coefficient (Wildman–Crippen LogP) is 3.87. The number of esters is 1. The van der Waals surface area contributed by atoms with Gasteiger partial charge in [-0.15, -0.1) is 0 Å². The van der Waals surface area contributed by atoms with Gasteiger partial charge in [0, 0.05) is 0 Å². The molecule has 1 saturated heterocycles. The van der Waals surface area contributed by atoms with Gasteiger partial charge in [0.05, 0.1) is 18.4 Å². The van der Waals surface area contributed by atoms with Gasteiger partial charge in [0.15, 0.2) is 5.79 Å². The van der Waals surface area contributed by atoms with Crippen LogP contribution >= 0.6 is 0 Å². The van der Waals surface area contributed by atoms with Crippen LogP contribution in [0.25, 0.3) is 0 Å². The van der Waals surface area contributed by atoms with Crippen LogP contribution in [-0.2, 0) is 36.6 Å². The van der Waals surface area contributed by atoms with E-state index >= 15 is 0 Å². The number of hydrogen-bond donors (Lipinski definition) is 1. The number of carboxylic acid groups (broad SMARTS) is 1. The summed E-state index contributed by atoms with van der Waals surface area (Å²) >= 11 is 0. The molecule has 3 atom stereocenters. The number of carboxylic acids is 1. The van der Waals surface area contributed by atoms with Gasteiger partial charge in [-0.3, -0.25) is 9.59 Å². The van der Waals surface area contributed by atoms with Gasteiger partial charge >= 0.3 is 11.9 Å². The van der Waals surface area contributed by atoms with E-state index in [1.807, 2.05) is 74.5 Å². The topological polar surface area (TPSA) is 82.1 Å². The second kappa shape index (κ2) is 10.6. The summed E-state index contributed by atoms with van der Waals surface area (Å²) in [4.78, 5) is 24.9. The summed E-state index contributed by atoms with van der Waals surface area (Å²) in [5.41, 5.74) is 1.90. The molecule has 1 aliphatic heterocycles. The Morgan fingerprint density at radius 2 is 1.55 bits per heavy atom. The van der Waals surface area contributed by atoms with Gasteiger partial charge in [0.1, 0.15) is 12.7 Å².